The van der Waals surface area contributed by atoms with Crippen molar-refractivity contribution in [3.63, 3.8) is 0 Å². The molecule has 0 aliphatic heterocycles. The number of hydrogen-bond donors (Lipinski definition) is 2. The molecule has 0 bridgehead atoms. The van der Waals surface area contributed by atoms with Crippen molar-refractivity contribution in [2.45, 2.75) is 0 Å². The lowest BCUT2D eigenvalue weighted by atomic mass is 10.2. The van der Waals surface area contributed by atoms with Gasteiger partial charge in [-0.25, -0.2) is 0 Å². The second-order valence-electron chi connectivity index (χ2n) is 5.81. The molecular weight excluding hydrogens is 358 g/mol. The fourth-order valence-electron chi connectivity index (χ4n) is 2.60. The molecule has 0 aliphatic carbocycles. The Hall–Kier alpha value is -3.74. The van der Waals surface area contributed by atoms with Crippen molar-refractivity contribution in [2.24, 2.45) is 0 Å². The summed E-state index contributed by atoms with van der Waals surface area (Å²) in [5, 5.41) is 6.04. The van der Waals surface area contributed by atoms with Crippen LogP contribution in [-0.2, 0) is 0 Å². The summed E-state index contributed by atoms with van der Waals surface area (Å²) < 4.78 is 15.7. The zero-order valence-electron chi connectivity index (χ0n) is 15.9. The van der Waals surface area contributed by atoms with Crippen LogP contribution in [0.1, 0.15) is 10.5 Å². The fraction of sp³-hybridized carbons (Fsp3) is 0.143. The average Bonchev–Trinajstić information content (AvgIpc) is 2.74. The minimum Gasteiger partial charge on any atom is -0.497 e. The quantitative estimate of drug-likeness (QED) is 0.643. The topological polar surface area (TPSA) is 81.7 Å². The molecule has 0 atom stereocenters. The molecule has 0 saturated carbocycles. The summed E-state index contributed by atoms with van der Waals surface area (Å²) in [6.45, 7) is 0. The maximum Gasteiger partial charge on any atom is 0.274 e. The molecule has 3 aromatic rings. The number of carbonyl (C=O) groups excluding carboxylic acids is 1. The summed E-state index contributed by atoms with van der Waals surface area (Å²) in [6.07, 6.45) is 1.57. The van der Waals surface area contributed by atoms with E-state index < -0.39 is 0 Å². The number of hydrogen-bond acceptors (Lipinski definition) is 6. The number of carbonyl (C=O) groups is 1. The highest BCUT2D eigenvalue weighted by Crippen LogP contribution is 2.29. The van der Waals surface area contributed by atoms with Crippen LogP contribution in [0.25, 0.3) is 0 Å². The van der Waals surface area contributed by atoms with E-state index in [0.29, 0.717) is 17.2 Å². The first-order chi connectivity index (χ1) is 13.6. The number of aromatic nitrogens is 1. The number of nitrogens with zero attached hydrogens (tertiary/aromatic N) is 1. The maximum atomic E-state index is 12.7. The van der Waals surface area contributed by atoms with Gasteiger partial charge in [0, 0.05) is 29.7 Å². The van der Waals surface area contributed by atoms with Gasteiger partial charge in [0.15, 0.2) is 0 Å². The Labute approximate surface area is 163 Å². The number of pyridine rings is 1. The van der Waals surface area contributed by atoms with E-state index in [9.17, 15) is 4.79 Å². The molecule has 1 heterocycles. The smallest absolute Gasteiger partial charge is 0.274 e. The zero-order valence-corrected chi connectivity index (χ0v) is 15.9. The highest BCUT2D eigenvalue weighted by Gasteiger charge is 2.13. The first-order valence-electron chi connectivity index (χ1n) is 8.53. The third-order valence-electron chi connectivity index (χ3n) is 4.01. The number of ether oxygens (including phenoxy) is 3. The van der Waals surface area contributed by atoms with Crippen molar-refractivity contribution < 1.29 is 19.0 Å². The Balaban J connectivity index is 1.79. The molecule has 1 aromatic heterocycles. The van der Waals surface area contributed by atoms with E-state index in [1.807, 2.05) is 24.3 Å². The van der Waals surface area contributed by atoms with Gasteiger partial charge in [0.05, 0.1) is 27.0 Å². The summed E-state index contributed by atoms with van der Waals surface area (Å²) >= 11 is 0. The highest BCUT2D eigenvalue weighted by molar-refractivity contribution is 6.04. The molecule has 0 spiro atoms. The molecule has 3 rings (SSSR count). The average molecular weight is 379 g/mol. The Kier molecular flexibility index (Phi) is 5.96. The van der Waals surface area contributed by atoms with Crippen LogP contribution in [0.3, 0.4) is 0 Å². The van der Waals surface area contributed by atoms with Crippen molar-refractivity contribution >= 4 is 23.0 Å². The van der Waals surface area contributed by atoms with Gasteiger partial charge >= 0.3 is 0 Å². The van der Waals surface area contributed by atoms with Crippen molar-refractivity contribution in [1.82, 2.24) is 4.98 Å². The van der Waals surface area contributed by atoms with E-state index in [1.165, 1.54) is 7.11 Å². The first-order valence-corrected chi connectivity index (χ1v) is 8.53. The summed E-state index contributed by atoms with van der Waals surface area (Å²) in [5.74, 6) is 1.51. The van der Waals surface area contributed by atoms with E-state index in [-0.39, 0.29) is 11.6 Å². The molecule has 144 valence electrons. The molecule has 2 aromatic carbocycles. The van der Waals surface area contributed by atoms with Crippen LogP contribution in [0.4, 0.5) is 17.1 Å². The monoisotopic (exact) mass is 379 g/mol. The number of benzene rings is 2. The van der Waals surface area contributed by atoms with Crippen LogP contribution in [0.15, 0.2) is 60.8 Å². The molecule has 0 radical (unpaired) electrons. The number of anilines is 3. The Morgan fingerprint density at radius 1 is 0.857 bits per heavy atom. The molecule has 0 fully saturated rings. The largest absolute Gasteiger partial charge is 0.497 e. The first kappa shape index (κ1) is 19.0. The molecule has 2 N–H and O–H groups in total. The number of methoxy groups -OCH3 is 3. The van der Waals surface area contributed by atoms with Gasteiger partial charge in [0.25, 0.3) is 5.91 Å². The van der Waals surface area contributed by atoms with Gasteiger partial charge in [0.2, 0.25) is 0 Å². The number of amides is 1. The lowest BCUT2D eigenvalue weighted by molar-refractivity contribution is 0.102. The van der Waals surface area contributed by atoms with E-state index >= 15 is 0 Å². The molecule has 1 amide bonds. The van der Waals surface area contributed by atoms with Crippen molar-refractivity contribution in [1.29, 1.82) is 0 Å². The van der Waals surface area contributed by atoms with Gasteiger partial charge in [0.1, 0.15) is 22.9 Å². The number of nitrogens with one attached hydrogen (secondary N) is 2. The highest BCUT2D eigenvalue weighted by atomic mass is 16.5. The molecule has 0 aliphatic rings. The van der Waals surface area contributed by atoms with Gasteiger partial charge < -0.3 is 24.8 Å². The van der Waals surface area contributed by atoms with E-state index in [4.69, 9.17) is 14.2 Å². The van der Waals surface area contributed by atoms with E-state index in [0.717, 1.165) is 17.1 Å². The summed E-state index contributed by atoms with van der Waals surface area (Å²) in [5.41, 5.74) is 2.33. The Morgan fingerprint density at radius 2 is 1.61 bits per heavy atom. The normalized spacial score (nSPS) is 10.1. The predicted molar refractivity (Wildman–Crippen MR) is 108 cm³/mol. The summed E-state index contributed by atoms with van der Waals surface area (Å²) in [6, 6.07) is 16.1. The van der Waals surface area contributed by atoms with Crippen LogP contribution in [0.5, 0.6) is 17.2 Å². The molecule has 28 heavy (non-hydrogen) atoms. The minimum atomic E-state index is -0.360. The van der Waals surface area contributed by atoms with Crippen molar-refractivity contribution in [3.8, 4) is 17.2 Å². The zero-order chi connectivity index (χ0) is 19.9. The van der Waals surface area contributed by atoms with Gasteiger partial charge in [-0.1, -0.05) is 6.07 Å². The molecule has 0 saturated heterocycles. The van der Waals surface area contributed by atoms with Gasteiger partial charge in [-0.05, 0) is 36.4 Å². The number of rotatable bonds is 7. The SMILES string of the molecule is COc1cccc(Nc2ccnc(C(=O)Nc3cc(OC)ccc3OC)c2)c1. The van der Waals surface area contributed by atoms with Crippen molar-refractivity contribution in [2.75, 3.05) is 32.0 Å². The maximum absolute atomic E-state index is 12.7. The molecule has 7 nitrogen and oxygen atoms in total. The second-order valence-corrected chi connectivity index (χ2v) is 5.81. The minimum absolute atomic E-state index is 0.262. The second kappa shape index (κ2) is 8.77. The molecular formula is C21H21N3O4. The van der Waals surface area contributed by atoms with Gasteiger partial charge in [-0.15, -0.1) is 0 Å². The third kappa shape index (κ3) is 4.50. The summed E-state index contributed by atoms with van der Waals surface area (Å²) in [7, 11) is 4.71. The van der Waals surface area contributed by atoms with Crippen LogP contribution in [0, 0.1) is 0 Å². The van der Waals surface area contributed by atoms with Crippen LogP contribution >= 0.6 is 0 Å². The predicted octanol–water partition coefficient (Wildman–Crippen LogP) is 4.10. The lowest BCUT2D eigenvalue weighted by Crippen LogP contribution is -2.14. The van der Waals surface area contributed by atoms with Crippen molar-refractivity contribution in [3.05, 3.63) is 66.5 Å². The van der Waals surface area contributed by atoms with E-state index in [1.54, 1.807) is 50.7 Å². The third-order valence-corrected chi connectivity index (χ3v) is 4.01. The lowest BCUT2D eigenvalue weighted by Gasteiger charge is -2.12. The van der Waals surface area contributed by atoms with E-state index in [2.05, 4.69) is 15.6 Å². The molecule has 0 unspecified atom stereocenters. The van der Waals surface area contributed by atoms with Gasteiger partial charge in [-0.3, -0.25) is 9.78 Å². The van der Waals surface area contributed by atoms with Crippen LogP contribution in [-0.4, -0.2) is 32.2 Å². The standard InChI is InChI=1S/C21H21N3O4/c1-26-16-6-4-5-14(11-16)23-15-9-10-22-19(12-15)21(25)24-18-13-17(27-2)7-8-20(18)28-3/h4-13H,1-3H3,(H,22,23)(H,24,25). The Morgan fingerprint density at radius 3 is 2.36 bits per heavy atom. The Bertz CT molecular complexity index is 975. The van der Waals surface area contributed by atoms with Crippen LogP contribution < -0.4 is 24.8 Å². The fourth-order valence-corrected chi connectivity index (χ4v) is 2.60. The van der Waals surface area contributed by atoms with Gasteiger partial charge in [-0.2, -0.15) is 0 Å². The summed E-state index contributed by atoms with van der Waals surface area (Å²) in [4.78, 5) is 16.8. The van der Waals surface area contributed by atoms with Crippen LogP contribution in [0.2, 0.25) is 0 Å². The molecule has 7 heteroatoms.